The average Bonchev–Trinajstić information content (AvgIpc) is 2.36. The number of nitrogens with two attached hydrogens (primary N) is 1. The molecule has 1 rings (SSSR count). The van der Waals surface area contributed by atoms with Crippen LogP contribution in [-0.2, 0) is 6.54 Å². The zero-order chi connectivity index (χ0) is 13.5. The fraction of sp³-hybridized carbons (Fsp3) is 0.533. The Morgan fingerprint density at radius 2 is 2.11 bits per heavy atom. The molecule has 0 aliphatic rings. The minimum atomic E-state index is -0.371. The lowest BCUT2D eigenvalue weighted by Gasteiger charge is -2.17. The second kappa shape index (κ2) is 7.17. The topological polar surface area (TPSA) is 55.1 Å². The van der Waals surface area contributed by atoms with Crippen LogP contribution in [0.15, 0.2) is 24.3 Å². The number of benzene rings is 1. The van der Waals surface area contributed by atoms with Crippen LogP contribution in [0.5, 0.6) is 0 Å². The van der Waals surface area contributed by atoms with E-state index in [4.69, 9.17) is 5.73 Å². The predicted molar refractivity (Wildman–Crippen MR) is 75.3 cm³/mol. The highest BCUT2D eigenvalue weighted by Crippen LogP contribution is 2.10. The second-order valence-corrected chi connectivity index (χ2v) is 5.10. The molecule has 3 nitrogen and oxygen atoms in total. The SMILES string of the molecule is CCC(C)CC(C)NCc1cccc(C(N)=O)c1. The van der Waals surface area contributed by atoms with Gasteiger partial charge in [0.15, 0.2) is 0 Å². The van der Waals surface area contributed by atoms with E-state index in [0.29, 0.717) is 11.6 Å². The Labute approximate surface area is 110 Å². The maximum Gasteiger partial charge on any atom is 0.248 e. The molecule has 0 radical (unpaired) electrons. The maximum absolute atomic E-state index is 11.1. The average molecular weight is 248 g/mol. The number of amides is 1. The van der Waals surface area contributed by atoms with Gasteiger partial charge in [0.25, 0.3) is 0 Å². The van der Waals surface area contributed by atoms with E-state index in [9.17, 15) is 4.79 Å². The molecule has 3 N–H and O–H groups in total. The van der Waals surface area contributed by atoms with E-state index in [-0.39, 0.29) is 5.91 Å². The van der Waals surface area contributed by atoms with Crippen LogP contribution in [0.25, 0.3) is 0 Å². The molecule has 2 atom stereocenters. The molecule has 100 valence electrons. The van der Waals surface area contributed by atoms with Gasteiger partial charge < -0.3 is 11.1 Å². The van der Waals surface area contributed by atoms with Crippen LogP contribution in [0.2, 0.25) is 0 Å². The van der Waals surface area contributed by atoms with Crippen LogP contribution in [0.3, 0.4) is 0 Å². The number of nitrogens with one attached hydrogen (secondary N) is 1. The number of rotatable bonds is 7. The lowest BCUT2D eigenvalue weighted by molar-refractivity contribution is 0.1000. The van der Waals surface area contributed by atoms with Gasteiger partial charge in [-0.1, -0.05) is 32.4 Å². The molecule has 3 heteroatoms. The van der Waals surface area contributed by atoms with Crippen molar-refractivity contribution in [2.45, 2.75) is 46.2 Å². The van der Waals surface area contributed by atoms with Gasteiger partial charge in [0.2, 0.25) is 5.91 Å². The molecule has 2 unspecified atom stereocenters. The summed E-state index contributed by atoms with van der Waals surface area (Å²) in [6.07, 6.45) is 2.38. The third-order valence-electron chi connectivity index (χ3n) is 3.32. The summed E-state index contributed by atoms with van der Waals surface area (Å²) in [4.78, 5) is 11.1. The van der Waals surface area contributed by atoms with Gasteiger partial charge in [-0.3, -0.25) is 4.79 Å². The van der Waals surface area contributed by atoms with Gasteiger partial charge in [0.1, 0.15) is 0 Å². The summed E-state index contributed by atoms with van der Waals surface area (Å²) in [5.41, 5.74) is 6.94. The number of primary amides is 1. The first-order valence-electron chi connectivity index (χ1n) is 6.65. The maximum atomic E-state index is 11.1. The molecule has 0 spiro atoms. The molecule has 0 saturated heterocycles. The summed E-state index contributed by atoms with van der Waals surface area (Å²) >= 11 is 0. The molecule has 1 aromatic carbocycles. The molecule has 1 aromatic rings. The monoisotopic (exact) mass is 248 g/mol. The first-order valence-corrected chi connectivity index (χ1v) is 6.65. The van der Waals surface area contributed by atoms with Gasteiger partial charge in [-0.25, -0.2) is 0 Å². The van der Waals surface area contributed by atoms with E-state index in [0.717, 1.165) is 18.0 Å². The van der Waals surface area contributed by atoms with Crippen LogP contribution in [0.1, 0.15) is 49.5 Å². The zero-order valence-electron chi connectivity index (χ0n) is 11.6. The van der Waals surface area contributed by atoms with Crippen molar-refractivity contribution in [3.8, 4) is 0 Å². The predicted octanol–water partition coefficient (Wildman–Crippen LogP) is 2.70. The van der Waals surface area contributed by atoms with Gasteiger partial charge in [0, 0.05) is 18.2 Å². The fourth-order valence-electron chi connectivity index (χ4n) is 1.98. The van der Waals surface area contributed by atoms with Crippen LogP contribution < -0.4 is 11.1 Å². The number of carbonyl (C=O) groups excluding carboxylic acids is 1. The summed E-state index contributed by atoms with van der Waals surface area (Å²) in [6, 6.07) is 7.96. The highest BCUT2D eigenvalue weighted by Gasteiger charge is 2.07. The van der Waals surface area contributed by atoms with E-state index >= 15 is 0 Å². The first kappa shape index (κ1) is 14.7. The standard InChI is InChI=1S/C15H24N2O/c1-4-11(2)8-12(3)17-10-13-6-5-7-14(9-13)15(16)18/h5-7,9,11-12,17H,4,8,10H2,1-3H3,(H2,16,18). The molecule has 0 aromatic heterocycles. The third kappa shape index (κ3) is 4.88. The highest BCUT2D eigenvalue weighted by atomic mass is 16.1. The minimum absolute atomic E-state index is 0.371. The van der Waals surface area contributed by atoms with Crippen molar-refractivity contribution in [2.75, 3.05) is 0 Å². The Balaban J connectivity index is 2.48. The van der Waals surface area contributed by atoms with Crippen molar-refractivity contribution < 1.29 is 4.79 Å². The Kier molecular flexibility index (Phi) is 5.86. The van der Waals surface area contributed by atoms with Crippen molar-refractivity contribution in [3.63, 3.8) is 0 Å². The quantitative estimate of drug-likeness (QED) is 0.779. The van der Waals surface area contributed by atoms with Gasteiger partial charge in [0.05, 0.1) is 0 Å². The molecule has 18 heavy (non-hydrogen) atoms. The minimum Gasteiger partial charge on any atom is -0.366 e. The Morgan fingerprint density at radius 3 is 2.72 bits per heavy atom. The molecular formula is C15H24N2O. The van der Waals surface area contributed by atoms with E-state index in [1.807, 2.05) is 18.2 Å². The Hall–Kier alpha value is -1.35. The van der Waals surface area contributed by atoms with Crippen molar-refractivity contribution in [1.29, 1.82) is 0 Å². The number of carbonyl (C=O) groups is 1. The largest absolute Gasteiger partial charge is 0.366 e. The summed E-state index contributed by atoms with van der Waals surface area (Å²) in [7, 11) is 0. The van der Waals surface area contributed by atoms with E-state index in [2.05, 4.69) is 26.1 Å². The van der Waals surface area contributed by atoms with Gasteiger partial charge in [-0.05, 0) is 37.0 Å². The normalized spacial score (nSPS) is 14.2. The van der Waals surface area contributed by atoms with Gasteiger partial charge in [-0.15, -0.1) is 0 Å². The second-order valence-electron chi connectivity index (χ2n) is 5.10. The van der Waals surface area contributed by atoms with Crippen molar-refractivity contribution in [2.24, 2.45) is 11.7 Å². The highest BCUT2D eigenvalue weighted by molar-refractivity contribution is 5.92. The molecular weight excluding hydrogens is 224 g/mol. The molecule has 0 aliphatic heterocycles. The van der Waals surface area contributed by atoms with E-state index in [1.165, 1.54) is 12.8 Å². The van der Waals surface area contributed by atoms with Crippen molar-refractivity contribution in [3.05, 3.63) is 35.4 Å². The summed E-state index contributed by atoms with van der Waals surface area (Å²) in [5, 5.41) is 3.48. The molecule has 0 heterocycles. The summed E-state index contributed by atoms with van der Waals surface area (Å²) in [6.45, 7) is 7.46. The van der Waals surface area contributed by atoms with Crippen LogP contribution in [0.4, 0.5) is 0 Å². The molecule has 0 fully saturated rings. The summed E-state index contributed by atoms with van der Waals surface area (Å²) < 4.78 is 0. The van der Waals surface area contributed by atoms with Crippen molar-refractivity contribution in [1.82, 2.24) is 5.32 Å². The van der Waals surface area contributed by atoms with Gasteiger partial charge >= 0.3 is 0 Å². The molecule has 0 saturated carbocycles. The van der Waals surface area contributed by atoms with E-state index in [1.54, 1.807) is 6.07 Å². The molecule has 1 amide bonds. The molecule has 0 bridgehead atoms. The Morgan fingerprint density at radius 1 is 1.39 bits per heavy atom. The van der Waals surface area contributed by atoms with E-state index < -0.39 is 0 Å². The third-order valence-corrected chi connectivity index (χ3v) is 3.32. The Bertz CT molecular complexity index is 390. The van der Waals surface area contributed by atoms with Crippen LogP contribution in [-0.4, -0.2) is 11.9 Å². The smallest absolute Gasteiger partial charge is 0.248 e. The lowest BCUT2D eigenvalue weighted by atomic mass is 10.00. The lowest BCUT2D eigenvalue weighted by Crippen LogP contribution is -2.27. The van der Waals surface area contributed by atoms with Gasteiger partial charge in [-0.2, -0.15) is 0 Å². The van der Waals surface area contributed by atoms with Crippen molar-refractivity contribution >= 4 is 5.91 Å². The summed E-state index contributed by atoms with van der Waals surface area (Å²) in [5.74, 6) is 0.369. The fourth-order valence-corrected chi connectivity index (χ4v) is 1.98. The number of hydrogen-bond donors (Lipinski definition) is 2. The van der Waals surface area contributed by atoms with Crippen LogP contribution in [0, 0.1) is 5.92 Å². The molecule has 0 aliphatic carbocycles. The number of hydrogen-bond acceptors (Lipinski definition) is 2. The van der Waals surface area contributed by atoms with Crippen LogP contribution >= 0.6 is 0 Å². The first-order chi connectivity index (χ1) is 8.52. The zero-order valence-corrected chi connectivity index (χ0v) is 11.6.